The van der Waals surface area contributed by atoms with Crippen molar-refractivity contribution >= 4 is 35.7 Å². The predicted molar refractivity (Wildman–Crippen MR) is 172 cm³/mol. The van der Waals surface area contributed by atoms with Crippen LogP contribution in [0.4, 0.5) is 4.79 Å². The molecule has 1 rings (SSSR count). The van der Waals surface area contributed by atoms with Gasteiger partial charge >= 0.3 is 24.0 Å². The third-order valence-electron chi connectivity index (χ3n) is 7.20. The van der Waals surface area contributed by atoms with Gasteiger partial charge in [0.15, 0.2) is 11.5 Å². The Morgan fingerprint density at radius 1 is 0.896 bits per heavy atom. The van der Waals surface area contributed by atoms with Crippen molar-refractivity contribution < 1.29 is 56.9 Å². The lowest BCUT2D eigenvalue weighted by Gasteiger charge is -2.21. The van der Waals surface area contributed by atoms with Gasteiger partial charge in [-0.25, -0.2) is 9.59 Å². The van der Waals surface area contributed by atoms with Crippen molar-refractivity contribution in [2.45, 2.75) is 116 Å². The minimum atomic E-state index is -1.33. The van der Waals surface area contributed by atoms with E-state index in [2.05, 4.69) is 10.6 Å². The van der Waals surface area contributed by atoms with Crippen molar-refractivity contribution in [3.8, 4) is 0 Å². The molecule has 15 heteroatoms. The van der Waals surface area contributed by atoms with Crippen LogP contribution in [0.2, 0.25) is 0 Å². The third-order valence-corrected chi connectivity index (χ3v) is 7.20. The van der Waals surface area contributed by atoms with Gasteiger partial charge < -0.3 is 38.7 Å². The average Bonchev–Trinajstić information content (AvgIpc) is 3.57. The molecule has 272 valence electrons. The molecule has 0 fully saturated rings. The first-order valence-corrected chi connectivity index (χ1v) is 16.4. The lowest BCUT2D eigenvalue weighted by atomic mass is 10.1. The first-order valence-electron chi connectivity index (χ1n) is 16.4. The molecule has 0 aliphatic heterocycles. The van der Waals surface area contributed by atoms with Crippen molar-refractivity contribution in [3.63, 3.8) is 0 Å². The first-order chi connectivity index (χ1) is 22.8. The predicted octanol–water partition coefficient (Wildman–Crippen LogP) is 3.25. The number of aryl methyl sites for hydroxylation is 1. The van der Waals surface area contributed by atoms with Crippen molar-refractivity contribution in [3.05, 3.63) is 24.2 Å². The molecule has 1 aromatic heterocycles. The number of carbonyl (C=O) groups is 6. The summed E-state index contributed by atoms with van der Waals surface area (Å²) in [6.45, 7) is 5.52. The van der Waals surface area contributed by atoms with Gasteiger partial charge in [-0.1, -0.05) is 0 Å². The Morgan fingerprint density at radius 3 is 2.25 bits per heavy atom. The second-order valence-corrected chi connectivity index (χ2v) is 11.5. The Balaban J connectivity index is 2.11. The molecular formula is C33H53N3O12. The maximum absolute atomic E-state index is 12.2. The van der Waals surface area contributed by atoms with E-state index in [0.717, 1.165) is 5.76 Å². The zero-order valence-corrected chi connectivity index (χ0v) is 28.7. The number of rotatable bonds is 26. The van der Waals surface area contributed by atoms with Gasteiger partial charge in [0.05, 0.1) is 45.5 Å². The molecule has 0 bridgehead atoms. The SMILES string of the molecule is COC(=O)C(CCCCNC(=O)CCc1ccco1)NC(=O)OCCCCC(C)OC(=O)CCC(=O)OCCCCOC(C)(N)C(C)=O. The number of hydrogen-bond acceptors (Lipinski definition) is 13. The van der Waals surface area contributed by atoms with Crippen LogP contribution in [0.1, 0.15) is 97.2 Å². The fourth-order valence-corrected chi connectivity index (χ4v) is 4.15. The van der Waals surface area contributed by atoms with Crippen LogP contribution in [-0.4, -0.2) is 87.0 Å². The number of ether oxygens (including phenoxy) is 5. The summed E-state index contributed by atoms with van der Waals surface area (Å²) in [6.07, 6.45) is 5.24. The number of ketones is 1. The van der Waals surface area contributed by atoms with E-state index in [1.54, 1.807) is 19.3 Å². The van der Waals surface area contributed by atoms with E-state index >= 15 is 0 Å². The van der Waals surface area contributed by atoms with Crippen LogP contribution in [0.5, 0.6) is 0 Å². The number of Topliss-reactive ketones (excluding diaryl/α,β-unsaturated/α-hetero) is 1. The van der Waals surface area contributed by atoms with E-state index in [1.165, 1.54) is 21.0 Å². The summed E-state index contributed by atoms with van der Waals surface area (Å²) in [6, 6.07) is 2.70. The highest BCUT2D eigenvalue weighted by atomic mass is 16.6. The Kier molecular flexibility index (Phi) is 21.2. The number of methoxy groups -OCH3 is 1. The summed E-state index contributed by atoms with van der Waals surface area (Å²) in [5.74, 6) is -1.25. The summed E-state index contributed by atoms with van der Waals surface area (Å²) in [4.78, 5) is 71.5. The zero-order valence-electron chi connectivity index (χ0n) is 28.7. The van der Waals surface area contributed by atoms with E-state index < -0.39 is 41.9 Å². The van der Waals surface area contributed by atoms with Gasteiger partial charge in [-0.15, -0.1) is 0 Å². The van der Waals surface area contributed by atoms with Gasteiger partial charge in [0, 0.05) is 26.0 Å². The van der Waals surface area contributed by atoms with Crippen LogP contribution >= 0.6 is 0 Å². The smallest absolute Gasteiger partial charge is 0.407 e. The van der Waals surface area contributed by atoms with E-state index in [-0.39, 0.29) is 44.4 Å². The number of alkyl carbamates (subject to hydrolysis) is 1. The number of carbonyl (C=O) groups excluding carboxylic acids is 6. The lowest BCUT2D eigenvalue weighted by Crippen LogP contribution is -2.46. The zero-order chi connectivity index (χ0) is 35.8. The Morgan fingerprint density at radius 2 is 1.56 bits per heavy atom. The second kappa shape index (κ2) is 24.2. The highest BCUT2D eigenvalue weighted by Gasteiger charge is 2.24. The molecule has 1 aromatic rings. The molecular weight excluding hydrogens is 630 g/mol. The summed E-state index contributed by atoms with van der Waals surface area (Å²) in [5, 5.41) is 5.34. The average molecular weight is 684 g/mol. The largest absolute Gasteiger partial charge is 0.469 e. The molecule has 0 aromatic carbocycles. The van der Waals surface area contributed by atoms with Crippen molar-refractivity contribution in [2.24, 2.45) is 5.73 Å². The normalized spacial score (nSPS) is 13.4. The van der Waals surface area contributed by atoms with E-state index in [4.69, 9.17) is 33.8 Å². The van der Waals surface area contributed by atoms with Crippen LogP contribution in [0.15, 0.2) is 22.8 Å². The maximum atomic E-state index is 12.2. The fraction of sp³-hybridized carbons (Fsp3) is 0.697. The van der Waals surface area contributed by atoms with Crippen molar-refractivity contribution in [1.29, 1.82) is 0 Å². The molecule has 0 saturated heterocycles. The number of amides is 2. The Hall–Kier alpha value is -3.98. The second-order valence-electron chi connectivity index (χ2n) is 11.5. The van der Waals surface area contributed by atoms with Crippen LogP contribution in [0, 0.1) is 0 Å². The molecule has 15 nitrogen and oxygen atoms in total. The standard InChI is InChI=1S/C33H53N3O12/c1-24(48-30(40)18-17-29(39)45-20-9-10-23-47-33(3,34)25(2)37)12-6-8-21-46-32(42)36-27(31(41)43-4)14-5-7-19-35-28(38)16-15-26-13-11-22-44-26/h11,13,22,24,27H,5-10,12,14-21,23,34H2,1-4H3,(H,35,38)(H,36,42). The fourth-order valence-electron chi connectivity index (χ4n) is 4.15. The molecule has 2 amide bonds. The van der Waals surface area contributed by atoms with Gasteiger partial charge in [-0.3, -0.25) is 24.9 Å². The molecule has 0 saturated carbocycles. The highest BCUT2D eigenvalue weighted by molar-refractivity contribution is 5.83. The van der Waals surface area contributed by atoms with E-state index in [0.29, 0.717) is 70.8 Å². The Bertz CT molecular complexity index is 1120. The van der Waals surface area contributed by atoms with Gasteiger partial charge in [-0.05, 0) is 84.3 Å². The number of unbranched alkanes of at least 4 members (excludes halogenated alkanes) is 3. The summed E-state index contributed by atoms with van der Waals surface area (Å²) in [7, 11) is 1.23. The van der Waals surface area contributed by atoms with Crippen LogP contribution in [0.25, 0.3) is 0 Å². The van der Waals surface area contributed by atoms with Crippen LogP contribution < -0.4 is 16.4 Å². The van der Waals surface area contributed by atoms with E-state index in [9.17, 15) is 28.8 Å². The molecule has 0 spiro atoms. The molecule has 3 atom stereocenters. The number of esters is 3. The molecule has 0 aliphatic carbocycles. The van der Waals surface area contributed by atoms with E-state index in [1.807, 2.05) is 6.07 Å². The molecule has 3 unspecified atom stereocenters. The number of furan rings is 1. The lowest BCUT2D eigenvalue weighted by molar-refractivity contribution is -0.153. The summed E-state index contributed by atoms with van der Waals surface area (Å²) in [5.41, 5.74) is 4.37. The Labute approximate surface area is 282 Å². The molecule has 0 aliphatic rings. The number of nitrogens with one attached hydrogen (secondary N) is 2. The topological polar surface area (TPSA) is 212 Å². The minimum Gasteiger partial charge on any atom is -0.469 e. The van der Waals surface area contributed by atoms with Crippen LogP contribution in [0.3, 0.4) is 0 Å². The minimum absolute atomic E-state index is 0.0949. The van der Waals surface area contributed by atoms with Crippen molar-refractivity contribution in [2.75, 3.05) is 33.5 Å². The summed E-state index contributed by atoms with van der Waals surface area (Å²) >= 11 is 0. The monoisotopic (exact) mass is 683 g/mol. The molecule has 4 N–H and O–H groups in total. The maximum Gasteiger partial charge on any atom is 0.407 e. The first kappa shape index (κ1) is 42.0. The van der Waals surface area contributed by atoms with Gasteiger partial charge in [0.1, 0.15) is 11.8 Å². The quantitative estimate of drug-likeness (QED) is 0.0555. The van der Waals surface area contributed by atoms with Crippen LogP contribution in [-0.2, 0) is 54.1 Å². The summed E-state index contributed by atoms with van der Waals surface area (Å²) < 4.78 is 30.9. The molecule has 48 heavy (non-hydrogen) atoms. The number of nitrogens with two attached hydrogens (primary N) is 1. The number of hydrogen-bond donors (Lipinski definition) is 3. The third kappa shape index (κ3) is 20.3. The molecule has 0 radical (unpaired) electrons. The van der Waals surface area contributed by atoms with Crippen molar-refractivity contribution in [1.82, 2.24) is 10.6 Å². The molecule has 1 heterocycles. The van der Waals surface area contributed by atoms with Gasteiger partial charge in [0.25, 0.3) is 0 Å². The van der Waals surface area contributed by atoms with Gasteiger partial charge in [-0.2, -0.15) is 0 Å². The van der Waals surface area contributed by atoms with Gasteiger partial charge in [0.2, 0.25) is 5.91 Å². The highest BCUT2D eigenvalue weighted by Crippen LogP contribution is 2.09.